The molecule has 0 unspecified atom stereocenters. The summed E-state index contributed by atoms with van der Waals surface area (Å²) in [6.45, 7) is 1.28. The van der Waals surface area contributed by atoms with Crippen LogP contribution in [0.2, 0.25) is 0 Å². The Bertz CT molecular complexity index is 661. The summed E-state index contributed by atoms with van der Waals surface area (Å²) in [4.78, 5) is 22.4. The van der Waals surface area contributed by atoms with Crippen LogP contribution in [0.3, 0.4) is 0 Å². The monoisotopic (exact) mass is 338 g/mol. The zero-order valence-corrected chi connectivity index (χ0v) is 14.0. The maximum absolute atomic E-state index is 12.3. The lowest BCUT2D eigenvalue weighted by Crippen LogP contribution is -2.33. The Morgan fingerprint density at radius 2 is 2.00 bits per heavy atom. The molecule has 1 N–H and O–H groups in total. The van der Waals surface area contributed by atoms with Crippen LogP contribution >= 0.6 is 0 Å². The van der Waals surface area contributed by atoms with Gasteiger partial charge in [0.1, 0.15) is 9.84 Å². The van der Waals surface area contributed by atoms with E-state index >= 15 is 0 Å². The summed E-state index contributed by atoms with van der Waals surface area (Å²) >= 11 is 0. The van der Waals surface area contributed by atoms with Crippen molar-refractivity contribution in [3.8, 4) is 0 Å². The van der Waals surface area contributed by atoms with Gasteiger partial charge in [-0.3, -0.25) is 4.79 Å². The number of rotatable bonds is 6. The molecule has 1 saturated carbocycles. The molecule has 2 heterocycles. The van der Waals surface area contributed by atoms with E-state index in [1.54, 1.807) is 23.4 Å². The van der Waals surface area contributed by atoms with Crippen molar-refractivity contribution >= 4 is 21.7 Å². The minimum atomic E-state index is -3.11. The van der Waals surface area contributed by atoms with Crippen molar-refractivity contribution < 1.29 is 13.2 Å². The Labute approximate surface area is 136 Å². The second-order valence-electron chi connectivity index (χ2n) is 6.50. The molecule has 1 aliphatic heterocycles. The van der Waals surface area contributed by atoms with E-state index in [-0.39, 0.29) is 24.1 Å². The average molecular weight is 338 g/mol. The molecule has 3 rings (SSSR count). The van der Waals surface area contributed by atoms with Gasteiger partial charge in [-0.05, 0) is 24.8 Å². The van der Waals surface area contributed by atoms with Crippen molar-refractivity contribution in [3.63, 3.8) is 0 Å². The largest absolute Gasteiger partial charge is 0.349 e. The molecule has 2 atom stereocenters. The smallest absolute Gasteiger partial charge is 0.223 e. The van der Waals surface area contributed by atoms with E-state index < -0.39 is 9.84 Å². The third-order valence-electron chi connectivity index (χ3n) is 4.51. The molecule has 0 spiro atoms. The first-order valence-corrected chi connectivity index (χ1v) is 9.97. The number of sulfone groups is 1. The molecule has 126 valence electrons. The van der Waals surface area contributed by atoms with E-state index in [4.69, 9.17) is 0 Å². The maximum Gasteiger partial charge on any atom is 0.223 e. The van der Waals surface area contributed by atoms with Gasteiger partial charge in [-0.2, -0.15) is 0 Å². The number of hydrogen-bond donors (Lipinski definition) is 1. The molecule has 23 heavy (non-hydrogen) atoms. The summed E-state index contributed by atoms with van der Waals surface area (Å²) in [7, 11) is -3.11. The third kappa shape index (κ3) is 4.40. The average Bonchev–Trinajstić information content (AvgIpc) is 3.26. The van der Waals surface area contributed by atoms with E-state index in [1.807, 2.05) is 0 Å². The molecule has 2 aliphatic rings. The maximum atomic E-state index is 12.3. The lowest BCUT2D eigenvalue weighted by atomic mass is 9.98. The minimum Gasteiger partial charge on any atom is -0.349 e. The van der Waals surface area contributed by atoms with Gasteiger partial charge in [-0.15, -0.1) is 0 Å². The lowest BCUT2D eigenvalue weighted by molar-refractivity contribution is -0.129. The molecule has 1 saturated heterocycles. The molecule has 0 radical (unpaired) electrons. The zero-order valence-electron chi connectivity index (χ0n) is 13.2. The van der Waals surface area contributed by atoms with Crippen molar-refractivity contribution in [2.75, 3.05) is 30.4 Å². The molecule has 1 aromatic rings. The van der Waals surface area contributed by atoms with Gasteiger partial charge in [0.15, 0.2) is 0 Å². The number of nitrogens with one attached hydrogen (secondary N) is 1. The first-order valence-electron chi connectivity index (χ1n) is 7.91. The van der Waals surface area contributed by atoms with Crippen molar-refractivity contribution in [2.24, 2.45) is 11.8 Å². The topological polar surface area (TPSA) is 92.3 Å². The van der Waals surface area contributed by atoms with Crippen molar-refractivity contribution in [3.05, 3.63) is 18.5 Å². The van der Waals surface area contributed by atoms with E-state index in [2.05, 4.69) is 15.3 Å². The summed E-state index contributed by atoms with van der Waals surface area (Å²) in [6, 6.07) is 1.89. The van der Waals surface area contributed by atoms with Crippen LogP contribution in [0.4, 0.5) is 5.95 Å². The Morgan fingerprint density at radius 1 is 1.30 bits per heavy atom. The molecule has 1 aliphatic carbocycles. The molecular weight excluding hydrogens is 316 g/mol. The van der Waals surface area contributed by atoms with Gasteiger partial charge in [-0.1, -0.05) is 0 Å². The SMILES string of the molecule is CS(=O)(=O)CCC(=O)N1C[C@H](Nc2ncccn2)[C@@H](C2CC2)C1. The summed E-state index contributed by atoms with van der Waals surface area (Å²) in [5.41, 5.74) is 0. The molecule has 8 heteroatoms. The number of carbonyl (C=O) groups is 1. The predicted molar refractivity (Wildman–Crippen MR) is 86.6 cm³/mol. The number of amides is 1. The molecule has 1 amide bonds. The standard InChI is InChI=1S/C15H22N4O3S/c1-23(21,22)8-5-14(20)19-9-12(11-3-4-11)13(10-19)18-15-16-6-2-7-17-15/h2,6-7,11-13H,3-5,8-10H2,1H3,(H,16,17,18)/t12-,13+/m1/s1. The highest BCUT2D eigenvalue weighted by atomic mass is 32.2. The molecule has 7 nitrogen and oxygen atoms in total. The highest BCUT2D eigenvalue weighted by Gasteiger charge is 2.43. The number of likely N-dealkylation sites (tertiary alicyclic amines) is 1. The van der Waals surface area contributed by atoms with Crippen molar-refractivity contribution in [1.29, 1.82) is 0 Å². The lowest BCUT2D eigenvalue weighted by Gasteiger charge is -2.18. The minimum absolute atomic E-state index is 0.0603. The predicted octanol–water partition coefficient (Wildman–Crippen LogP) is 0.560. The zero-order chi connectivity index (χ0) is 16.4. The summed E-state index contributed by atoms with van der Waals surface area (Å²) in [5, 5.41) is 3.34. The summed E-state index contributed by atoms with van der Waals surface area (Å²) < 4.78 is 22.5. The van der Waals surface area contributed by atoms with Gasteiger partial charge >= 0.3 is 0 Å². The van der Waals surface area contributed by atoms with Gasteiger partial charge in [0.2, 0.25) is 11.9 Å². The normalized spacial score (nSPS) is 24.7. The first kappa shape index (κ1) is 16.2. The molecule has 1 aromatic heterocycles. The molecular formula is C15H22N4O3S. The van der Waals surface area contributed by atoms with Gasteiger partial charge < -0.3 is 10.2 Å². The second-order valence-corrected chi connectivity index (χ2v) is 8.76. The van der Waals surface area contributed by atoms with Crippen LogP contribution in [0.1, 0.15) is 19.3 Å². The fourth-order valence-electron chi connectivity index (χ4n) is 3.16. The fourth-order valence-corrected chi connectivity index (χ4v) is 3.70. The van der Waals surface area contributed by atoms with Crippen molar-refractivity contribution in [2.45, 2.75) is 25.3 Å². The number of carbonyl (C=O) groups excluding carboxylic acids is 1. The van der Waals surface area contributed by atoms with Gasteiger partial charge in [0.05, 0.1) is 11.8 Å². The first-order chi connectivity index (χ1) is 10.9. The van der Waals surface area contributed by atoms with E-state index in [0.29, 0.717) is 30.9 Å². The number of anilines is 1. The second kappa shape index (κ2) is 6.43. The molecule has 0 aromatic carbocycles. The van der Waals surface area contributed by atoms with E-state index in [9.17, 15) is 13.2 Å². The van der Waals surface area contributed by atoms with Crippen LogP contribution in [0.15, 0.2) is 18.5 Å². The Balaban J connectivity index is 1.63. The van der Waals surface area contributed by atoms with Crippen LogP contribution < -0.4 is 5.32 Å². The van der Waals surface area contributed by atoms with Crippen LogP contribution in [-0.4, -0.2) is 60.3 Å². The van der Waals surface area contributed by atoms with Crippen LogP contribution in [-0.2, 0) is 14.6 Å². The summed E-state index contributed by atoms with van der Waals surface area (Å²) in [5.74, 6) is 1.44. The Morgan fingerprint density at radius 3 is 2.61 bits per heavy atom. The number of aromatic nitrogens is 2. The highest BCUT2D eigenvalue weighted by molar-refractivity contribution is 7.90. The van der Waals surface area contributed by atoms with Crippen LogP contribution in [0.25, 0.3) is 0 Å². The Kier molecular flexibility index (Phi) is 4.52. The van der Waals surface area contributed by atoms with E-state index in [1.165, 1.54) is 12.8 Å². The summed E-state index contributed by atoms with van der Waals surface area (Å²) in [6.07, 6.45) is 6.99. The molecule has 2 fully saturated rings. The van der Waals surface area contributed by atoms with E-state index in [0.717, 1.165) is 6.26 Å². The quantitative estimate of drug-likeness (QED) is 0.815. The van der Waals surface area contributed by atoms with Crippen molar-refractivity contribution in [1.82, 2.24) is 14.9 Å². The fraction of sp³-hybridized carbons (Fsp3) is 0.667. The van der Waals surface area contributed by atoms with Gasteiger partial charge in [-0.25, -0.2) is 18.4 Å². The number of hydrogen-bond acceptors (Lipinski definition) is 6. The third-order valence-corrected chi connectivity index (χ3v) is 5.46. The van der Waals surface area contributed by atoms with Crippen LogP contribution in [0, 0.1) is 11.8 Å². The number of nitrogens with zero attached hydrogens (tertiary/aromatic N) is 3. The molecule has 0 bridgehead atoms. The Hall–Kier alpha value is -1.70. The van der Waals surface area contributed by atoms with Gasteiger partial charge in [0.25, 0.3) is 0 Å². The van der Waals surface area contributed by atoms with Gasteiger partial charge in [0, 0.05) is 44.1 Å². The highest BCUT2D eigenvalue weighted by Crippen LogP contribution is 2.42. The van der Waals surface area contributed by atoms with Crippen LogP contribution in [0.5, 0.6) is 0 Å².